The SMILES string of the molecule is CCc1ccc(C)c2c(Cl)csc12. The van der Waals surface area contributed by atoms with Crippen molar-refractivity contribution in [2.75, 3.05) is 0 Å². The molecule has 0 radical (unpaired) electrons. The molecule has 0 saturated heterocycles. The molecule has 1 aromatic heterocycles. The minimum atomic E-state index is 0.896. The van der Waals surface area contributed by atoms with Crippen LogP contribution >= 0.6 is 22.9 Å². The van der Waals surface area contributed by atoms with Crippen LogP contribution in [0, 0.1) is 6.92 Å². The minimum Gasteiger partial charge on any atom is -0.142 e. The summed E-state index contributed by atoms with van der Waals surface area (Å²) in [6, 6.07) is 4.35. The summed E-state index contributed by atoms with van der Waals surface area (Å²) < 4.78 is 1.35. The van der Waals surface area contributed by atoms with E-state index in [1.807, 2.05) is 5.38 Å². The van der Waals surface area contributed by atoms with E-state index in [0.29, 0.717) is 0 Å². The summed E-state index contributed by atoms with van der Waals surface area (Å²) in [5, 5.41) is 4.16. The quantitative estimate of drug-likeness (QED) is 0.654. The fraction of sp³-hybridized carbons (Fsp3) is 0.273. The molecule has 0 saturated carbocycles. The van der Waals surface area contributed by atoms with E-state index in [1.165, 1.54) is 21.2 Å². The third-order valence-corrected chi connectivity index (χ3v) is 3.83. The number of benzene rings is 1. The van der Waals surface area contributed by atoms with Crippen molar-refractivity contribution >= 4 is 33.0 Å². The average Bonchev–Trinajstić information content (AvgIpc) is 2.50. The van der Waals surface area contributed by atoms with Gasteiger partial charge in [-0.25, -0.2) is 0 Å². The van der Waals surface area contributed by atoms with Crippen LogP contribution in [0.4, 0.5) is 0 Å². The topological polar surface area (TPSA) is 0 Å². The van der Waals surface area contributed by atoms with Crippen LogP contribution in [-0.4, -0.2) is 0 Å². The molecule has 68 valence electrons. The predicted octanol–water partition coefficient (Wildman–Crippen LogP) is 4.43. The van der Waals surface area contributed by atoms with Crippen molar-refractivity contribution in [1.29, 1.82) is 0 Å². The van der Waals surface area contributed by atoms with Crippen LogP contribution in [0.3, 0.4) is 0 Å². The lowest BCUT2D eigenvalue weighted by molar-refractivity contribution is 1.16. The van der Waals surface area contributed by atoms with Crippen molar-refractivity contribution in [1.82, 2.24) is 0 Å². The van der Waals surface area contributed by atoms with Gasteiger partial charge in [-0.3, -0.25) is 0 Å². The lowest BCUT2D eigenvalue weighted by Crippen LogP contribution is -1.82. The van der Waals surface area contributed by atoms with Gasteiger partial charge in [-0.2, -0.15) is 0 Å². The van der Waals surface area contributed by atoms with Crippen LogP contribution in [0.2, 0.25) is 5.02 Å². The molecule has 0 unspecified atom stereocenters. The molecule has 0 aliphatic carbocycles. The molecule has 0 N–H and O–H groups in total. The van der Waals surface area contributed by atoms with E-state index < -0.39 is 0 Å². The molecule has 0 nitrogen and oxygen atoms in total. The first kappa shape index (κ1) is 9.04. The molecule has 0 fully saturated rings. The molecule has 0 spiro atoms. The van der Waals surface area contributed by atoms with E-state index in [0.717, 1.165) is 11.4 Å². The zero-order valence-electron chi connectivity index (χ0n) is 7.73. The molecule has 2 heteroatoms. The largest absolute Gasteiger partial charge is 0.142 e. The maximum absolute atomic E-state index is 6.12. The molecule has 2 rings (SSSR count). The second kappa shape index (κ2) is 3.32. The van der Waals surface area contributed by atoms with Crippen LogP contribution in [-0.2, 0) is 6.42 Å². The molecule has 2 aromatic rings. The molecule has 13 heavy (non-hydrogen) atoms. The monoisotopic (exact) mass is 210 g/mol. The van der Waals surface area contributed by atoms with Gasteiger partial charge in [0.1, 0.15) is 0 Å². The standard InChI is InChI=1S/C11H11ClS/c1-3-8-5-4-7(2)10-9(12)6-13-11(8)10/h4-6H,3H2,1-2H3. The Hall–Kier alpha value is -0.530. The normalized spacial score (nSPS) is 11.0. The molecular weight excluding hydrogens is 200 g/mol. The van der Waals surface area contributed by atoms with Gasteiger partial charge in [0.2, 0.25) is 0 Å². The van der Waals surface area contributed by atoms with E-state index in [9.17, 15) is 0 Å². The minimum absolute atomic E-state index is 0.896. The maximum Gasteiger partial charge on any atom is 0.0594 e. The zero-order chi connectivity index (χ0) is 9.42. The van der Waals surface area contributed by atoms with Gasteiger partial charge in [0.25, 0.3) is 0 Å². The number of fused-ring (bicyclic) bond motifs is 1. The highest BCUT2D eigenvalue weighted by Crippen LogP contribution is 2.34. The number of hydrogen-bond donors (Lipinski definition) is 0. The first-order chi connectivity index (χ1) is 6.24. The Kier molecular flexibility index (Phi) is 2.31. The molecule has 0 aliphatic heterocycles. The van der Waals surface area contributed by atoms with Gasteiger partial charge in [0, 0.05) is 15.5 Å². The van der Waals surface area contributed by atoms with E-state index in [1.54, 1.807) is 11.3 Å². The first-order valence-electron chi connectivity index (χ1n) is 4.39. The molecule has 0 aliphatic rings. The van der Waals surface area contributed by atoms with Gasteiger partial charge >= 0.3 is 0 Å². The Balaban J connectivity index is 2.87. The number of aryl methyl sites for hydroxylation is 2. The summed E-state index contributed by atoms with van der Waals surface area (Å²) in [7, 11) is 0. The number of halogens is 1. The van der Waals surface area contributed by atoms with Gasteiger partial charge in [0.15, 0.2) is 0 Å². The summed E-state index contributed by atoms with van der Waals surface area (Å²) in [4.78, 5) is 0. The van der Waals surface area contributed by atoms with Crippen LogP contribution < -0.4 is 0 Å². The van der Waals surface area contributed by atoms with Crippen molar-refractivity contribution in [3.8, 4) is 0 Å². The highest BCUT2D eigenvalue weighted by molar-refractivity contribution is 7.18. The summed E-state index contributed by atoms with van der Waals surface area (Å²) in [6.07, 6.45) is 1.08. The molecule has 1 aromatic carbocycles. The summed E-state index contributed by atoms with van der Waals surface area (Å²) >= 11 is 7.86. The molecule has 0 amide bonds. The smallest absolute Gasteiger partial charge is 0.0594 e. The molecule has 1 heterocycles. The van der Waals surface area contributed by atoms with Gasteiger partial charge in [-0.1, -0.05) is 30.7 Å². The summed E-state index contributed by atoms with van der Waals surface area (Å²) in [6.45, 7) is 4.29. The second-order valence-electron chi connectivity index (χ2n) is 3.18. The Bertz CT molecular complexity index is 443. The molecule has 0 atom stereocenters. The predicted molar refractivity (Wildman–Crippen MR) is 61.0 cm³/mol. The van der Waals surface area contributed by atoms with Crippen LogP contribution in [0.25, 0.3) is 10.1 Å². The zero-order valence-corrected chi connectivity index (χ0v) is 9.30. The third-order valence-electron chi connectivity index (χ3n) is 2.35. The highest BCUT2D eigenvalue weighted by Gasteiger charge is 2.07. The summed E-state index contributed by atoms with van der Waals surface area (Å²) in [5.41, 5.74) is 2.68. The van der Waals surface area contributed by atoms with Crippen LogP contribution in [0.15, 0.2) is 17.5 Å². The van der Waals surface area contributed by atoms with Gasteiger partial charge in [-0.15, -0.1) is 11.3 Å². The van der Waals surface area contributed by atoms with Crippen LogP contribution in [0.1, 0.15) is 18.1 Å². The van der Waals surface area contributed by atoms with E-state index >= 15 is 0 Å². The molecule has 0 bridgehead atoms. The van der Waals surface area contributed by atoms with Gasteiger partial charge < -0.3 is 0 Å². The fourth-order valence-electron chi connectivity index (χ4n) is 1.60. The van der Waals surface area contributed by atoms with Crippen molar-refractivity contribution in [2.24, 2.45) is 0 Å². The first-order valence-corrected chi connectivity index (χ1v) is 5.65. The number of rotatable bonds is 1. The lowest BCUT2D eigenvalue weighted by atomic mass is 10.1. The van der Waals surface area contributed by atoms with Gasteiger partial charge in [0.05, 0.1) is 5.02 Å². The van der Waals surface area contributed by atoms with E-state index in [4.69, 9.17) is 11.6 Å². The Morgan fingerprint density at radius 3 is 2.85 bits per heavy atom. The lowest BCUT2D eigenvalue weighted by Gasteiger charge is -2.02. The van der Waals surface area contributed by atoms with Crippen molar-refractivity contribution in [3.05, 3.63) is 33.7 Å². The Labute approximate surface area is 87.2 Å². The third kappa shape index (κ3) is 1.36. The highest BCUT2D eigenvalue weighted by atomic mass is 35.5. The molecular formula is C11H11ClS. The second-order valence-corrected chi connectivity index (χ2v) is 4.47. The summed E-state index contributed by atoms with van der Waals surface area (Å²) in [5.74, 6) is 0. The van der Waals surface area contributed by atoms with E-state index in [-0.39, 0.29) is 0 Å². The Morgan fingerprint density at radius 1 is 1.38 bits per heavy atom. The Morgan fingerprint density at radius 2 is 2.15 bits per heavy atom. The maximum atomic E-state index is 6.12. The van der Waals surface area contributed by atoms with Gasteiger partial charge in [-0.05, 0) is 24.5 Å². The van der Waals surface area contributed by atoms with Crippen molar-refractivity contribution in [3.63, 3.8) is 0 Å². The average molecular weight is 211 g/mol. The number of thiophene rings is 1. The number of hydrogen-bond acceptors (Lipinski definition) is 1. The van der Waals surface area contributed by atoms with Crippen molar-refractivity contribution < 1.29 is 0 Å². The van der Waals surface area contributed by atoms with E-state index in [2.05, 4.69) is 26.0 Å². The van der Waals surface area contributed by atoms with Crippen LogP contribution in [0.5, 0.6) is 0 Å². The fourth-order valence-corrected chi connectivity index (χ4v) is 3.13. The van der Waals surface area contributed by atoms with Crippen molar-refractivity contribution in [2.45, 2.75) is 20.3 Å².